The van der Waals surface area contributed by atoms with Gasteiger partial charge in [0.05, 0.1) is 12.4 Å². The molecule has 0 amide bonds. The van der Waals surface area contributed by atoms with Crippen LogP contribution in [0.1, 0.15) is 12.0 Å². The SMILES string of the molecule is O=S1(=O)CC[C@H](COc2ncccc2F)C12CN(Cc1ccncc1)C2. The van der Waals surface area contributed by atoms with Gasteiger partial charge in [0.15, 0.2) is 15.7 Å². The smallest absolute Gasteiger partial charge is 0.250 e. The van der Waals surface area contributed by atoms with E-state index in [0.717, 1.165) is 5.56 Å². The van der Waals surface area contributed by atoms with Gasteiger partial charge in [0.25, 0.3) is 0 Å². The largest absolute Gasteiger partial charge is 0.475 e. The molecule has 138 valence electrons. The third-order valence-electron chi connectivity index (χ3n) is 5.38. The normalized spacial score (nSPS) is 23.7. The Kier molecular flexibility index (Phi) is 4.40. The Morgan fingerprint density at radius 1 is 1.23 bits per heavy atom. The standard InChI is InChI=1S/C18H20FN3O3S/c19-16-2-1-6-21-17(16)25-11-15-5-9-26(23,24)18(15)12-22(13-18)10-14-3-7-20-8-4-14/h1-4,6-8,15H,5,9-13H2/t15-/m1/s1. The summed E-state index contributed by atoms with van der Waals surface area (Å²) in [5.41, 5.74) is 1.11. The molecule has 0 aliphatic carbocycles. The molecule has 26 heavy (non-hydrogen) atoms. The number of nitrogens with zero attached hydrogens (tertiary/aromatic N) is 3. The van der Waals surface area contributed by atoms with Gasteiger partial charge in [-0.25, -0.2) is 17.8 Å². The summed E-state index contributed by atoms with van der Waals surface area (Å²) in [6.07, 6.45) is 5.46. The number of pyridine rings is 2. The van der Waals surface area contributed by atoms with E-state index >= 15 is 0 Å². The zero-order chi connectivity index (χ0) is 18.2. The molecule has 0 saturated carbocycles. The van der Waals surface area contributed by atoms with Gasteiger partial charge >= 0.3 is 0 Å². The number of hydrogen-bond acceptors (Lipinski definition) is 6. The summed E-state index contributed by atoms with van der Waals surface area (Å²) in [6.45, 7) is 1.82. The van der Waals surface area contributed by atoms with Gasteiger partial charge in [-0.2, -0.15) is 0 Å². The molecule has 0 bridgehead atoms. The van der Waals surface area contributed by atoms with Crippen LogP contribution in [0.3, 0.4) is 0 Å². The van der Waals surface area contributed by atoms with Gasteiger partial charge in [-0.3, -0.25) is 9.88 Å². The minimum Gasteiger partial charge on any atom is -0.475 e. The van der Waals surface area contributed by atoms with Crippen LogP contribution in [-0.2, 0) is 16.4 Å². The summed E-state index contributed by atoms with van der Waals surface area (Å²) in [6, 6.07) is 6.63. The lowest BCUT2D eigenvalue weighted by molar-refractivity contribution is 0.0573. The van der Waals surface area contributed by atoms with Crippen LogP contribution in [-0.4, -0.2) is 53.5 Å². The average molecular weight is 377 g/mol. The second-order valence-corrected chi connectivity index (χ2v) is 9.42. The zero-order valence-corrected chi connectivity index (χ0v) is 15.0. The zero-order valence-electron chi connectivity index (χ0n) is 14.2. The molecule has 0 unspecified atom stereocenters. The van der Waals surface area contributed by atoms with E-state index < -0.39 is 20.4 Å². The van der Waals surface area contributed by atoms with Crippen LogP contribution in [0.4, 0.5) is 4.39 Å². The quantitative estimate of drug-likeness (QED) is 0.790. The number of likely N-dealkylation sites (tertiary alicyclic amines) is 1. The lowest BCUT2D eigenvalue weighted by Crippen LogP contribution is -2.67. The first kappa shape index (κ1) is 17.4. The molecule has 4 heterocycles. The summed E-state index contributed by atoms with van der Waals surface area (Å²) in [5.74, 6) is -0.590. The fourth-order valence-electron chi connectivity index (χ4n) is 3.93. The number of aromatic nitrogens is 2. The van der Waals surface area contributed by atoms with Crippen LogP contribution in [0.5, 0.6) is 5.88 Å². The lowest BCUT2D eigenvalue weighted by Gasteiger charge is -2.50. The molecule has 2 aliphatic rings. The van der Waals surface area contributed by atoms with Crippen molar-refractivity contribution in [3.63, 3.8) is 0 Å². The molecule has 1 atom stereocenters. The summed E-state index contributed by atoms with van der Waals surface area (Å²) >= 11 is 0. The summed E-state index contributed by atoms with van der Waals surface area (Å²) in [5, 5.41) is 0. The van der Waals surface area contributed by atoms with Crippen molar-refractivity contribution >= 4 is 9.84 Å². The molecule has 0 radical (unpaired) electrons. The third-order valence-corrected chi connectivity index (χ3v) is 7.99. The molecular formula is C18H20FN3O3S. The first-order chi connectivity index (χ1) is 12.5. The van der Waals surface area contributed by atoms with E-state index in [1.54, 1.807) is 12.4 Å². The van der Waals surface area contributed by atoms with Crippen LogP contribution in [0.2, 0.25) is 0 Å². The van der Waals surface area contributed by atoms with E-state index in [2.05, 4.69) is 14.9 Å². The number of ether oxygens (including phenoxy) is 1. The predicted octanol–water partition coefficient (Wildman–Crippen LogP) is 1.68. The minimum atomic E-state index is -3.19. The monoisotopic (exact) mass is 377 g/mol. The number of sulfone groups is 1. The van der Waals surface area contributed by atoms with Crippen molar-refractivity contribution < 1.29 is 17.5 Å². The predicted molar refractivity (Wildman–Crippen MR) is 93.8 cm³/mol. The molecule has 2 fully saturated rings. The van der Waals surface area contributed by atoms with Gasteiger partial charge in [-0.05, 0) is 36.2 Å². The molecule has 2 aromatic heterocycles. The molecule has 8 heteroatoms. The van der Waals surface area contributed by atoms with Crippen molar-refractivity contribution in [3.8, 4) is 5.88 Å². The first-order valence-electron chi connectivity index (χ1n) is 8.57. The molecule has 2 saturated heterocycles. The van der Waals surface area contributed by atoms with Crippen molar-refractivity contribution in [3.05, 3.63) is 54.2 Å². The van der Waals surface area contributed by atoms with Gasteiger partial charge in [-0.15, -0.1) is 0 Å². The molecular weight excluding hydrogens is 357 g/mol. The topological polar surface area (TPSA) is 72.4 Å². The van der Waals surface area contributed by atoms with Gasteiger partial charge in [0.2, 0.25) is 5.88 Å². The maximum Gasteiger partial charge on any atom is 0.250 e. The van der Waals surface area contributed by atoms with Gasteiger partial charge in [0, 0.05) is 44.1 Å². The average Bonchev–Trinajstić information content (AvgIpc) is 2.86. The Balaban J connectivity index is 1.44. The van der Waals surface area contributed by atoms with Crippen molar-refractivity contribution in [2.45, 2.75) is 17.7 Å². The number of hydrogen-bond donors (Lipinski definition) is 0. The van der Waals surface area contributed by atoms with Crippen molar-refractivity contribution in [2.75, 3.05) is 25.4 Å². The number of halogens is 1. The van der Waals surface area contributed by atoms with Crippen molar-refractivity contribution in [1.29, 1.82) is 0 Å². The Hall–Kier alpha value is -2.06. The molecule has 1 spiro atoms. The Bertz CT molecular complexity index is 886. The van der Waals surface area contributed by atoms with Crippen LogP contribution in [0.15, 0.2) is 42.9 Å². The van der Waals surface area contributed by atoms with Crippen LogP contribution in [0, 0.1) is 11.7 Å². The number of rotatable bonds is 5. The second kappa shape index (κ2) is 6.59. The maximum absolute atomic E-state index is 13.7. The van der Waals surface area contributed by atoms with Crippen molar-refractivity contribution in [2.24, 2.45) is 5.92 Å². The molecule has 6 nitrogen and oxygen atoms in total. The Morgan fingerprint density at radius 3 is 2.73 bits per heavy atom. The van der Waals surface area contributed by atoms with Crippen LogP contribution >= 0.6 is 0 Å². The van der Waals surface area contributed by atoms with E-state index in [1.807, 2.05) is 12.1 Å². The Labute approximate surface area is 151 Å². The van der Waals surface area contributed by atoms with E-state index in [-0.39, 0.29) is 24.2 Å². The third kappa shape index (κ3) is 2.97. The minimum absolute atomic E-state index is 0.0695. The van der Waals surface area contributed by atoms with Gasteiger partial charge in [0.1, 0.15) is 4.75 Å². The lowest BCUT2D eigenvalue weighted by atomic mass is 9.83. The van der Waals surface area contributed by atoms with Gasteiger partial charge < -0.3 is 4.74 Å². The highest BCUT2D eigenvalue weighted by atomic mass is 32.2. The first-order valence-corrected chi connectivity index (χ1v) is 10.2. The van der Waals surface area contributed by atoms with E-state index in [1.165, 1.54) is 18.3 Å². The fraction of sp³-hybridized carbons (Fsp3) is 0.444. The maximum atomic E-state index is 13.7. The summed E-state index contributed by atoms with van der Waals surface area (Å²) in [7, 11) is -3.19. The summed E-state index contributed by atoms with van der Waals surface area (Å²) < 4.78 is 43.8. The highest BCUT2D eigenvalue weighted by Gasteiger charge is 2.61. The van der Waals surface area contributed by atoms with Crippen molar-refractivity contribution in [1.82, 2.24) is 14.9 Å². The molecule has 4 rings (SSSR count). The highest BCUT2D eigenvalue weighted by Crippen LogP contribution is 2.45. The molecule has 0 aromatic carbocycles. The fourth-order valence-corrected chi connectivity index (χ4v) is 6.39. The van der Waals surface area contributed by atoms with Crippen LogP contribution < -0.4 is 4.74 Å². The molecule has 0 N–H and O–H groups in total. The van der Waals surface area contributed by atoms with E-state index in [4.69, 9.17) is 4.74 Å². The van der Waals surface area contributed by atoms with E-state index in [9.17, 15) is 12.8 Å². The van der Waals surface area contributed by atoms with Gasteiger partial charge in [-0.1, -0.05) is 0 Å². The van der Waals surface area contributed by atoms with Crippen LogP contribution in [0.25, 0.3) is 0 Å². The molecule has 2 aromatic rings. The second-order valence-electron chi connectivity index (χ2n) is 6.97. The highest BCUT2D eigenvalue weighted by molar-refractivity contribution is 7.93. The summed E-state index contributed by atoms with van der Waals surface area (Å²) in [4.78, 5) is 9.99. The molecule has 2 aliphatic heterocycles. The van der Waals surface area contributed by atoms with E-state index in [0.29, 0.717) is 26.1 Å². The Morgan fingerprint density at radius 2 is 2.00 bits per heavy atom.